The molecule has 0 unspecified atom stereocenters. The molecule has 0 aliphatic carbocycles. The summed E-state index contributed by atoms with van der Waals surface area (Å²) in [6.45, 7) is 7.09. The molecular formula is C29H34ClN3O4S. The van der Waals surface area contributed by atoms with Crippen LogP contribution in [0.2, 0.25) is 5.02 Å². The zero-order valence-corrected chi connectivity index (χ0v) is 23.7. The van der Waals surface area contributed by atoms with Gasteiger partial charge in [0.1, 0.15) is 12.6 Å². The van der Waals surface area contributed by atoms with Gasteiger partial charge in [-0.3, -0.25) is 13.9 Å². The molecule has 3 rings (SSSR count). The van der Waals surface area contributed by atoms with E-state index >= 15 is 0 Å². The monoisotopic (exact) mass is 555 g/mol. The van der Waals surface area contributed by atoms with Crippen molar-refractivity contribution >= 4 is 39.1 Å². The molecule has 1 N–H and O–H groups in total. The van der Waals surface area contributed by atoms with Crippen molar-refractivity contribution in [2.24, 2.45) is 0 Å². The predicted molar refractivity (Wildman–Crippen MR) is 152 cm³/mol. The minimum absolute atomic E-state index is 0.0422. The van der Waals surface area contributed by atoms with Crippen molar-refractivity contribution in [1.82, 2.24) is 10.2 Å². The molecule has 0 bridgehead atoms. The van der Waals surface area contributed by atoms with Gasteiger partial charge in [-0.1, -0.05) is 72.6 Å². The Balaban J connectivity index is 2.02. The van der Waals surface area contributed by atoms with E-state index in [1.807, 2.05) is 45.0 Å². The predicted octanol–water partition coefficient (Wildman–Crippen LogP) is 5.18. The van der Waals surface area contributed by atoms with E-state index < -0.39 is 28.5 Å². The van der Waals surface area contributed by atoms with Crippen LogP contribution in [0.4, 0.5) is 5.69 Å². The van der Waals surface area contributed by atoms with Gasteiger partial charge >= 0.3 is 0 Å². The Labute approximate surface area is 230 Å². The van der Waals surface area contributed by atoms with Gasteiger partial charge in [0.25, 0.3) is 10.0 Å². The van der Waals surface area contributed by atoms with Gasteiger partial charge in [0, 0.05) is 17.6 Å². The smallest absolute Gasteiger partial charge is 0.264 e. The van der Waals surface area contributed by atoms with E-state index in [1.54, 1.807) is 43.3 Å². The molecule has 0 aliphatic heterocycles. The maximum absolute atomic E-state index is 13.9. The summed E-state index contributed by atoms with van der Waals surface area (Å²) < 4.78 is 28.5. The zero-order valence-electron chi connectivity index (χ0n) is 22.1. The number of halogens is 1. The molecule has 9 heteroatoms. The molecule has 2 atom stereocenters. The minimum Gasteiger partial charge on any atom is -0.352 e. The summed E-state index contributed by atoms with van der Waals surface area (Å²) in [6.07, 6.45) is 0.738. The summed E-state index contributed by atoms with van der Waals surface area (Å²) in [6, 6.07) is 21.0. The lowest BCUT2D eigenvalue weighted by atomic mass is 10.1. The Bertz CT molecular complexity index is 1370. The number of sulfonamides is 1. The molecule has 0 aliphatic rings. The van der Waals surface area contributed by atoms with E-state index in [1.165, 1.54) is 23.1 Å². The number of nitrogens with zero attached hydrogens (tertiary/aromatic N) is 2. The molecule has 0 spiro atoms. The number of rotatable bonds is 11. The van der Waals surface area contributed by atoms with Gasteiger partial charge in [-0.15, -0.1) is 0 Å². The number of benzene rings is 3. The highest BCUT2D eigenvalue weighted by molar-refractivity contribution is 7.92. The number of nitrogens with one attached hydrogen (secondary N) is 1. The van der Waals surface area contributed by atoms with E-state index in [-0.39, 0.29) is 29.1 Å². The first-order valence-electron chi connectivity index (χ1n) is 12.5. The van der Waals surface area contributed by atoms with Crippen molar-refractivity contribution < 1.29 is 18.0 Å². The molecule has 0 fully saturated rings. The van der Waals surface area contributed by atoms with Crippen LogP contribution in [0.25, 0.3) is 0 Å². The average molecular weight is 556 g/mol. The van der Waals surface area contributed by atoms with Crippen LogP contribution < -0.4 is 9.62 Å². The van der Waals surface area contributed by atoms with Gasteiger partial charge in [0.2, 0.25) is 11.8 Å². The lowest BCUT2D eigenvalue weighted by Gasteiger charge is -2.32. The van der Waals surface area contributed by atoms with Crippen molar-refractivity contribution in [3.05, 3.63) is 95.0 Å². The van der Waals surface area contributed by atoms with E-state index in [9.17, 15) is 18.0 Å². The Morgan fingerprint density at radius 2 is 1.63 bits per heavy atom. The van der Waals surface area contributed by atoms with Crippen LogP contribution in [0.15, 0.2) is 83.8 Å². The third-order valence-electron chi connectivity index (χ3n) is 6.31. The van der Waals surface area contributed by atoms with E-state index in [0.29, 0.717) is 5.02 Å². The fourth-order valence-electron chi connectivity index (χ4n) is 3.94. The number of carbonyl (C=O) groups is 2. The molecule has 0 radical (unpaired) electrons. The van der Waals surface area contributed by atoms with Crippen LogP contribution in [0.1, 0.15) is 38.3 Å². The molecule has 0 saturated heterocycles. The third-order valence-corrected chi connectivity index (χ3v) is 8.33. The number of carbonyl (C=O) groups excluding carboxylic acids is 2. The number of hydrogen-bond acceptors (Lipinski definition) is 4. The van der Waals surface area contributed by atoms with Gasteiger partial charge in [0.05, 0.1) is 10.6 Å². The minimum atomic E-state index is -4.12. The second-order valence-corrected chi connectivity index (χ2v) is 11.6. The van der Waals surface area contributed by atoms with Crippen LogP contribution in [0.5, 0.6) is 0 Å². The molecule has 0 saturated carbocycles. The molecule has 0 heterocycles. The zero-order chi connectivity index (χ0) is 27.9. The number of aryl methyl sites for hydroxylation is 1. The standard InChI is InChI=1S/C29H34ClN3O4S/c1-5-22(3)31-29(35)23(4)32(19-24-12-9-11-21(2)17-24)28(34)20-33(26-14-10-13-25(30)18-26)38(36,37)27-15-7-6-8-16-27/h6-18,22-23H,5,19-20H2,1-4H3,(H,31,35)/t22-,23+/m1/s1. The Hall–Kier alpha value is -3.36. The van der Waals surface area contributed by atoms with Crippen molar-refractivity contribution in [2.75, 3.05) is 10.8 Å². The topological polar surface area (TPSA) is 86.8 Å². The third kappa shape index (κ3) is 7.36. The summed E-state index contributed by atoms with van der Waals surface area (Å²) in [5, 5.41) is 3.26. The van der Waals surface area contributed by atoms with Crippen LogP contribution in [0, 0.1) is 6.92 Å². The summed E-state index contributed by atoms with van der Waals surface area (Å²) >= 11 is 6.19. The average Bonchev–Trinajstić information content (AvgIpc) is 2.90. The highest BCUT2D eigenvalue weighted by Gasteiger charge is 2.32. The van der Waals surface area contributed by atoms with Crippen molar-refractivity contribution in [3.8, 4) is 0 Å². The number of anilines is 1. The van der Waals surface area contributed by atoms with E-state index in [2.05, 4.69) is 5.32 Å². The quantitative estimate of drug-likeness (QED) is 0.353. The van der Waals surface area contributed by atoms with Gasteiger partial charge in [-0.2, -0.15) is 0 Å². The van der Waals surface area contributed by atoms with Crippen molar-refractivity contribution in [2.45, 2.75) is 57.6 Å². The largest absolute Gasteiger partial charge is 0.352 e. The summed E-state index contributed by atoms with van der Waals surface area (Å²) in [7, 11) is -4.12. The van der Waals surface area contributed by atoms with Gasteiger partial charge < -0.3 is 10.2 Å². The molecule has 2 amide bonds. The number of amides is 2. The lowest BCUT2D eigenvalue weighted by molar-refractivity contribution is -0.139. The molecule has 3 aromatic rings. The second kappa shape index (κ2) is 12.9. The molecule has 3 aromatic carbocycles. The molecule has 202 valence electrons. The molecular weight excluding hydrogens is 522 g/mol. The van der Waals surface area contributed by atoms with Crippen LogP contribution in [-0.4, -0.2) is 43.8 Å². The lowest BCUT2D eigenvalue weighted by Crippen LogP contribution is -2.52. The number of hydrogen-bond donors (Lipinski definition) is 1. The maximum atomic E-state index is 13.9. The molecule has 0 aromatic heterocycles. The SMILES string of the molecule is CC[C@@H](C)NC(=O)[C@H](C)N(Cc1cccc(C)c1)C(=O)CN(c1cccc(Cl)c1)S(=O)(=O)c1ccccc1. The first kappa shape index (κ1) is 29.2. The first-order chi connectivity index (χ1) is 18.0. The Kier molecular flexibility index (Phi) is 9.94. The van der Waals surface area contributed by atoms with Gasteiger partial charge in [-0.05, 0) is 63.1 Å². The van der Waals surface area contributed by atoms with Gasteiger partial charge in [-0.25, -0.2) is 8.42 Å². The second-order valence-electron chi connectivity index (χ2n) is 9.31. The first-order valence-corrected chi connectivity index (χ1v) is 14.3. The van der Waals surface area contributed by atoms with Crippen molar-refractivity contribution in [3.63, 3.8) is 0 Å². The van der Waals surface area contributed by atoms with Gasteiger partial charge in [0.15, 0.2) is 0 Å². The molecule has 38 heavy (non-hydrogen) atoms. The van der Waals surface area contributed by atoms with Crippen LogP contribution >= 0.6 is 11.6 Å². The summed E-state index contributed by atoms with van der Waals surface area (Å²) in [5.41, 5.74) is 2.10. The fraction of sp³-hybridized carbons (Fsp3) is 0.310. The van der Waals surface area contributed by atoms with Crippen LogP contribution in [-0.2, 0) is 26.2 Å². The fourth-order valence-corrected chi connectivity index (χ4v) is 5.55. The highest BCUT2D eigenvalue weighted by atomic mass is 35.5. The Morgan fingerprint density at radius 1 is 0.947 bits per heavy atom. The highest BCUT2D eigenvalue weighted by Crippen LogP contribution is 2.26. The van der Waals surface area contributed by atoms with E-state index in [4.69, 9.17) is 11.6 Å². The maximum Gasteiger partial charge on any atom is 0.264 e. The molecule has 7 nitrogen and oxygen atoms in total. The summed E-state index contributed by atoms with van der Waals surface area (Å²) in [4.78, 5) is 28.4. The summed E-state index contributed by atoms with van der Waals surface area (Å²) in [5.74, 6) is -0.821. The normalized spacial score (nSPS) is 12.9. The van der Waals surface area contributed by atoms with Crippen LogP contribution in [0.3, 0.4) is 0 Å². The van der Waals surface area contributed by atoms with E-state index in [0.717, 1.165) is 21.9 Å². The van der Waals surface area contributed by atoms with Crippen molar-refractivity contribution in [1.29, 1.82) is 0 Å². The Morgan fingerprint density at radius 3 is 2.26 bits per heavy atom.